The number of nitrogens with one attached hydrogen (secondary N) is 2. The number of aliphatic hydroxyl groups excluding tert-OH is 1. The van der Waals surface area contributed by atoms with Crippen molar-refractivity contribution >= 4 is 5.91 Å². The van der Waals surface area contributed by atoms with E-state index in [1.54, 1.807) is 4.68 Å². The van der Waals surface area contributed by atoms with Crippen LogP contribution in [0.25, 0.3) is 0 Å². The third-order valence-electron chi connectivity index (χ3n) is 5.65. The van der Waals surface area contributed by atoms with Crippen molar-refractivity contribution in [2.45, 2.75) is 44.6 Å². The highest BCUT2D eigenvalue weighted by molar-refractivity contribution is 5.80. The summed E-state index contributed by atoms with van der Waals surface area (Å²) < 4.78 is 1.78. The van der Waals surface area contributed by atoms with E-state index >= 15 is 0 Å². The van der Waals surface area contributed by atoms with Gasteiger partial charge in [-0.2, -0.15) is 5.10 Å². The minimum atomic E-state index is -0.313. The van der Waals surface area contributed by atoms with E-state index < -0.39 is 0 Å². The highest BCUT2D eigenvalue weighted by atomic mass is 16.3. The number of carbonyl (C=O) groups is 1. The van der Waals surface area contributed by atoms with Gasteiger partial charge in [-0.3, -0.25) is 9.48 Å². The van der Waals surface area contributed by atoms with Crippen molar-refractivity contribution in [3.8, 4) is 0 Å². The fourth-order valence-electron chi connectivity index (χ4n) is 3.94. The normalized spacial score (nSPS) is 34.5. The zero-order valence-electron chi connectivity index (χ0n) is 14.1. The predicted molar refractivity (Wildman–Crippen MR) is 87.9 cm³/mol. The molecule has 2 aliphatic rings. The fourth-order valence-corrected chi connectivity index (χ4v) is 3.94. The van der Waals surface area contributed by atoms with Crippen molar-refractivity contribution in [2.75, 3.05) is 19.6 Å². The Kier molecular flexibility index (Phi) is 4.73. The van der Waals surface area contributed by atoms with Crippen molar-refractivity contribution in [1.29, 1.82) is 0 Å². The van der Waals surface area contributed by atoms with Gasteiger partial charge in [-0.05, 0) is 18.4 Å². The third-order valence-corrected chi connectivity index (χ3v) is 5.65. The summed E-state index contributed by atoms with van der Waals surface area (Å²) in [6.07, 6.45) is 7.56. The van der Waals surface area contributed by atoms with E-state index in [-0.39, 0.29) is 29.3 Å². The number of aryl methyl sites for hydroxylation is 1. The molecule has 1 aromatic heterocycles. The molecule has 1 aromatic rings. The Morgan fingerprint density at radius 2 is 2.35 bits per heavy atom. The van der Waals surface area contributed by atoms with Gasteiger partial charge in [-0.15, -0.1) is 0 Å². The molecule has 2 heterocycles. The van der Waals surface area contributed by atoms with E-state index in [0.717, 1.165) is 37.8 Å². The quantitative estimate of drug-likeness (QED) is 0.766. The maximum atomic E-state index is 12.7. The molecule has 1 aliphatic heterocycles. The van der Waals surface area contributed by atoms with Gasteiger partial charge in [0.15, 0.2) is 0 Å². The van der Waals surface area contributed by atoms with Crippen LogP contribution in [0.15, 0.2) is 12.4 Å². The van der Waals surface area contributed by atoms with Crippen LogP contribution in [0, 0.1) is 11.3 Å². The standard InChI is InChI=1S/C17H28N4O2/c1-17(6-4-3-5-15(17)22)11-19-16(23)14-9-18-8-13(14)12-7-20-21(2)10-12/h7,10,13-15,18,22H,3-6,8-9,11H2,1-2H3,(H,19,23)/t13-,14+,15?,17?/m1/s1. The lowest BCUT2D eigenvalue weighted by Crippen LogP contribution is -2.47. The highest BCUT2D eigenvalue weighted by Crippen LogP contribution is 2.36. The van der Waals surface area contributed by atoms with Crippen LogP contribution in [-0.2, 0) is 11.8 Å². The summed E-state index contributed by atoms with van der Waals surface area (Å²) in [7, 11) is 1.90. The molecule has 2 fully saturated rings. The molecule has 0 aromatic carbocycles. The summed E-state index contributed by atoms with van der Waals surface area (Å²) >= 11 is 0. The average Bonchev–Trinajstić information content (AvgIpc) is 3.16. The summed E-state index contributed by atoms with van der Waals surface area (Å²) in [6, 6.07) is 0. The lowest BCUT2D eigenvalue weighted by atomic mass is 9.73. The first-order chi connectivity index (χ1) is 11.0. The molecule has 1 amide bonds. The van der Waals surface area contributed by atoms with Crippen LogP contribution in [0.5, 0.6) is 0 Å². The average molecular weight is 320 g/mol. The summed E-state index contributed by atoms with van der Waals surface area (Å²) in [5.74, 6) is 0.194. The Morgan fingerprint density at radius 1 is 1.52 bits per heavy atom. The molecule has 128 valence electrons. The lowest BCUT2D eigenvalue weighted by Gasteiger charge is -2.38. The second-order valence-corrected chi connectivity index (χ2v) is 7.45. The molecule has 0 bridgehead atoms. The number of rotatable bonds is 4. The van der Waals surface area contributed by atoms with Crippen LogP contribution in [0.3, 0.4) is 0 Å². The van der Waals surface area contributed by atoms with Gasteiger partial charge >= 0.3 is 0 Å². The molecule has 6 nitrogen and oxygen atoms in total. The monoisotopic (exact) mass is 320 g/mol. The van der Waals surface area contributed by atoms with Crippen molar-refractivity contribution in [2.24, 2.45) is 18.4 Å². The van der Waals surface area contributed by atoms with Crippen LogP contribution in [0.4, 0.5) is 0 Å². The van der Waals surface area contributed by atoms with E-state index in [9.17, 15) is 9.90 Å². The van der Waals surface area contributed by atoms with Gasteiger partial charge in [0.05, 0.1) is 18.2 Å². The minimum absolute atomic E-state index is 0.0662. The first-order valence-corrected chi connectivity index (χ1v) is 8.65. The smallest absolute Gasteiger partial charge is 0.225 e. The molecule has 1 aliphatic carbocycles. The Labute approximate surface area is 137 Å². The minimum Gasteiger partial charge on any atom is -0.392 e. The number of carbonyl (C=O) groups excluding carboxylic acids is 1. The van der Waals surface area contributed by atoms with Gasteiger partial charge in [-0.25, -0.2) is 0 Å². The van der Waals surface area contributed by atoms with E-state index in [1.165, 1.54) is 0 Å². The summed E-state index contributed by atoms with van der Waals surface area (Å²) in [5, 5.41) is 20.9. The van der Waals surface area contributed by atoms with Crippen LogP contribution in [0.2, 0.25) is 0 Å². The van der Waals surface area contributed by atoms with E-state index in [0.29, 0.717) is 13.1 Å². The fraction of sp³-hybridized carbons (Fsp3) is 0.765. The molecular formula is C17H28N4O2. The van der Waals surface area contributed by atoms with Gasteiger partial charge in [0.1, 0.15) is 0 Å². The molecule has 3 rings (SSSR count). The summed E-state index contributed by atoms with van der Waals surface area (Å²) in [4.78, 5) is 12.7. The molecule has 4 atom stereocenters. The molecule has 6 heteroatoms. The predicted octanol–water partition coefficient (Wildman–Crippen LogP) is 0.780. The van der Waals surface area contributed by atoms with E-state index in [4.69, 9.17) is 0 Å². The number of hydrogen-bond donors (Lipinski definition) is 3. The zero-order chi connectivity index (χ0) is 16.4. The first-order valence-electron chi connectivity index (χ1n) is 8.65. The molecule has 1 saturated carbocycles. The Balaban J connectivity index is 1.61. The van der Waals surface area contributed by atoms with Gasteiger partial charge in [0.2, 0.25) is 5.91 Å². The van der Waals surface area contributed by atoms with Crippen LogP contribution < -0.4 is 10.6 Å². The zero-order valence-corrected chi connectivity index (χ0v) is 14.1. The molecular weight excluding hydrogens is 292 g/mol. The summed E-state index contributed by atoms with van der Waals surface area (Å²) in [6.45, 7) is 4.15. The first kappa shape index (κ1) is 16.5. The molecule has 1 saturated heterocycles. The van der Waals surface area contributed by atoms with Crippen LogP contribution in [0.1, 0.15) is 44.1 Å². The number of hydrogen-bond acceptors (Lipinski definition) is 4. The van der Waals surface area contributed by atoms with Crippen molar-refractivity contribution < 1.29 is 9.90 Å². The second-order valence-electron chi connectivity index (χ2n) is 7.45. The van der Waals surface area contributed by atoms with Crippen molar-refractivity contribution in [3.63, 3.8) is 0 Å². The van der Waals surface area contributed by atoms with Crippen molar-refractivity contribution in [3.05, 3.63) is 18.0 Å². The maximum Gasteiger partial charge on any atom is 0.225 e. The van der Waals surface area contributed by atoms with Gasteiger partial charge < -0.3 is 15.7 Å². The second kappa shape index (κ2) is 6.61. The maximum absolute atomic E-state index is 12.7. The number of amides is 1. The van der Waals surface area contributed by atoms with E-state index in [1.807, 2.05) is 19.4 Å². The Morgan fingerprint density at radius 3 is 3.04 bits per heavy atom. The largest absolute Gasteiger partial charge is 0.392 e. The molecule has 0 radical (unpaired) electrons. The molecule has 2 unspecified atom stereocenters. The topological polar surface area (TPSA) is 79.2 Å². The van der Waals surface area contributed by atoms with Crippen LogP contribution in [-0.4, -0.2) is 46.5 Å². The van der Waals surface area contributed by atoms with Gasteiger partial charge in [0, 0.05) is 44.2 Å². The highest BCUT2D eigenvalue weighted by Gasteiger charge is 2.38. The lowest BCUT2D eigenvalue weighted by molar-refractivity contribution is -0.126. The van der Waals surface area contributed by atoms with Crippen LogP contribution >= 0.6 is 0 Å². The molecule has 23 heavy (non-hydrogen) atoms. The SMILES string of the molecule is Cn1cc([C@H]2CNC[C@@H]2C(=O)NCC2(C)CCCCC2O)cn1. The van der Waals surface area contributed by atoms with Gasteiger partial charge in [0.25, 0.3) is 0 Å². The molecule has 0 spiro atoms. The van der Waals surface area contributed by atoms with Crippen molar-refractivity contribution in [1.82, 2.24) is 20.4 Å². The number of aliphatic hydroxyl groups is 1. The number of aromatic nitrogens is 2. The summed E-state index contributed by atoms with van der Waals surface area (Å²) in [5.41, 5.74) is 0.922. The van der Waals surface area contributed by atoms with Gasteiger partial charge in [-0.1, -0.05) is 19.8 Å². The Hall–Kier alpha value is -1.40. The number of nitrogens with zero attached hydrogens (tertiary/aromatic N) is 2. The van der Waals surface area contributed by atoms with E-state index in [2.05, 4.69) is 22.7 Å². The third kappa shape index (κ3) is 3.43. The molecule has 3 N–H and O–H groups in total. The Bertz CT molecular complexity index is 559.